The molecular weight excluding hydrogens is 396 g/mol. The summed E-state index contributed by atoms with van der Waals surface area (Å²) in [6, 6.07) is 8.24. The molecule has 0 N–H and O–H groups in total. The first-order chi connectivity index (χ1) is 11.2. The average molecular weight is 409 g/mol. The lowest BCUT2D eigenvalue weighted by Gasteiger charge is -2.10. The first kappa shape index (κ1) is 15.3. The van der Waals surface area contributed by atoms with Crippen LogP contribution >= 0.6 is 39.5 Å². The van der Waals surface area contributed by atoms with Gasteiger partial charge in [-0.3, -0.25) is 0 Å². The number of halogens is 1. The van der Waals surface area contributed by atoms with Crippen molar-refractivity contribution in [3.05, 3.63) is 40.8 Å². The van der Waals surface area contributed by atoms with Crippen LogP contribution in [0.2, 0.25) is 0 Å². The maximum Gasteiger partial charge on any atom is 0.234 e. The highest BCUT2D eigenvalue weighted by Crippen LogP contribution is 2.45. The molecule has 0 amide bonds. The van der Waals surface area contributed by atoms with Crippen molar-refractivity contribution in [2.45, 2.75) is 4.58 Å². The molecule has 0 saturated carbocycles. The Morgan fingerprint density at radius 2 is 1.91 bits per heavy atom. The van der Waals surface area contributed by atoms with Crippen molar-refractivity contribution in [2.75, 3.05) is 11.5 Å². The summed E-state index contributed by atoms with van der Waals surface area (Å²) in [7, 11) is 1.84. The molecule has 0 radical (unpaired) electrons. The van der Waals surface area contributed by atoms with Crippen LogP contribution in [0.4, 0.5) is 0 Å². The standard InChI is InChI=1S/C15H13BrN4OS2/c1-20-13-11(12(16)19-20)14(18-8-17-13)21-10-4-2-9(3-5-10)15-22-6-7-23-15/h2-5,8,15H,6-7H2,1H3. The fourth-order valence-electron chi connectivity index (χ4n) is 2.45. The third kappa shape index (κ3) is 2.95. The highest BCUT2D eigenvalue weighted by atomic mass is 79.9. The van der Waals surface area contributed by atoms with Gasteiger partial charge in [-0.25, -0.2) is 14.6 Å². The highest BCUT2D eigenvalue weighted by Gasteiger charge is 2.19. The molecule has 4 rings (SSSR count). The highest BCUT2D eigenvalue weighted by molar-refractivity contribution is 9.10. The second kappa shape index (κ2) is 6.33. The monoisotopic (exact) mass is 408 g/mol. The van der Waals surface area contributed by atoms with E-state index in [0.29, 0.717) is 15.1 Å². The summed E-state index contributed by atoms with van der Waals surface area (Å²) >= 11 is 7.43. The minimum Gasteiger partial charge on any atom is -0.438 e. The maximum atomic E-state index is 5.96. The van der Waals surface area contributed by atoms with Gasteiger partial charge in [0.25, 0.3) is 0 Å². The average Bonchev–Trinajstić information content (AvgIpc) is 3.18. The van der Waals surface area contributed by atoms with Gasteiger partial charge in [-0.1, -0.05) is 12.1 Å². The van der Waals surface area contributed by atoms with Crippen molar-refractivity contribution in [2.24, 2.45) is 7.05 Å². The van der Waals surface area contributed by atoms with Crippen molar-refractivity contribution in [1.29, 1.82) is 0 Å². The van der Waals surface area contributed by atoms with Crippen LogP contribution in [-0.2, 0) is 7.05 Å². The smallest absolute Gasteiger partial charge is 0.234 e. The summed E-state index contributed by atoms with van der Waals surface area (Å²) in [6.07, 6.45) is 1.49. The number of hydrogen-bond donors (Lipinski definition) is 0. The molecule has 23 heavy (non-hydrogen) atoms. The van der Waals surface area contributed by atoms with Gasteiger partial charge in [0, 0.05) is 18.6 Å². The van der Waals surface area contributed by atoms with Crippen molar-refractivity contribution >= 4 is 50.5 Å². The van der Waals surface area contributed by atoms with Crippen LogP contribution < -0.4 is 4.74 Å². The Morgan fingerprint density at radius 1 is 1.17 bits per heavy atom. The number of rotatable bonds is 3. The van der Waals surface area contributed by atoms with Crippen LogP contribution in [0, 0.1) is 0 Å². The summed E-state index contributed by atoms with van der Waals surface area (Å²) in [6.45, 7) is 0. The lowest BCUT2D eigenvalue weighted by molar-refractivity contribution is 0.468. The Morgan fingerprint density at radius 3 is 2.65 bits per heavy atom. The molecule has 3 heterocycles. The number of hydrogen-bond acceptors (Lipinski definition) is 6. The molecule has 118 valence electrons. The molecular formula is C15H13BrN4OS2. The number of aryl methyl sites for hydroxylation is 1. The van der Waals surface area contributed by atoms with Gasteiger partial charge in [-0.15, -0.1) is 23.5 Å². The molecule has 0 atom stereocenters. The van der Waals surface area contributed by atoms with E-state index < -0.39 is 0 Å². The van der Waals surface area contributed by atoms with Gasteiger partial charge in [-0.2, -0.15) is 5.10 Å². The second-order valence-corrected chi connectivity index (χ2v) is 8.51. The third-order valence-corrected chi connectivity index (χ3v) is 7.19. The number of benzene rings is 1. The van der Waals surface area contributed by atoms with Gasteiger partial charge in [0.1, 0.15) is 22.1 Å². The summed E-state index contributed by atoms with van der Waals surface area (Å²) in [5.74, 6) is 3.72. The Balaban J connectivity index is 1.63. The van der Waals surface area contributed by atoms with E-state index in [4.69, 9.17) is 4.74 Å². The number of fused-ring (bicyclic) bond motifs is 1. The zero-order chi connectivity index (χ0) is 15.8. The fourth-order valence-corrected chi connectivity index (χ4v) is 5.89. The van der Waals surface area contributed by atoms with E-state index in [-0.39, 0.29) is 0 Å². The summed E-state index contributed by atoms with van der Waals surface area (Å²) < 4.78 is 8.88. The molecule has 3 aromatic rings. The van der Waals surface area contributed by atoms with Crippen molar-refractivity contribution < 1.29 is 4.74 Å². The number of thioether (sulfide) groups is 2. The summed E-state index contributed by atoms with van der Waals surface area (Å²) in [4.78, 5) is 8.50. The van der Waals surface area contributed by atoms with E-state index in [0.717, 1.165) is 16.8 Å². The summed E-state index contributed by atoms with van der Waals surface area (Å²) in [5, 5.41) is 5.08. The van der Waals surface area contributed by atoms with Crippen molar-refractivity contribution in [1.82, 2.24) is 19.7 Å². The molecule has 0 spiro atoms. The molecule has 0 aliphatic carbocycles. The molecule has 0 bridgehead atoms. The van der Waals surface area contributed by atoms with Crippen LogP contribution in [-0.4, -0.2) is 31.3 Å². The molecule has 1 aromatic carbocycles. The van der Waals surface area contributed by atoms with Gasteiger partial charge < -0.3 is 4.74 Å². The molecule has 1 saturated heterocycles. The lowest BCUT2D eigenvalue weighted by Crippen LogP contribution is -1.94. The molecule has 0 unspecified atom stereocenters. The van der Waals surface area contributed by atoms with Gasteiger partial charge in [-0.05, 0) is 33.6 Å². The molecule has 8 heteroatoms. The molecule has 2 aromatic heterocycles. The first-order valence-corrected chi connectivity index (χ1v) is 9.95. The van der Waals surface area contributed by atoms with E-state index in [1.54, 1.807) is 4.68 Å². The van der Waals surface area contributed by atoms with Gasteiger partial charge in [0.15, 0.2) is 5.65 Å². The number of ether oxygens (including phenoxy) is 1. The predicted molar refractivity (Wildman–Crippen MR) is 98.2 cm³/mol. The summed E-state index contributed by atoms with van der Waals surface area (Å²) in [5.41, 5.74) is 2.07. The zero-order valence-corrected chi connectivity index (χ0v) is 15.5. The molecule has 1 aliphatic heterocycles. The number of aromatic nitrogens is 4. The van der Waals surface area contributed by atoms with Gasteiger partial charge >= 0.3 is 0 Å². The maximum absolute atomic E-state index is 5.96. The van der Waals surface area contributed by atoms with Crippen molar-refractivity contribution in [3.63, 3.8) is 0 Å². The van der Waals surface area contributed by atoms with Gasteiger partial charge in [0.05, 0.1) is 4.58 Å². The largest absolute Gasteiger partial charge is 0.438 e. The Kier molecular flexibility index (Phi) is 4.21. The van der Waals surface area contributed by atoms with Crippen LogP contribution in [0.3, 0.4) is 0 Å². The van der Waals surface area contributed by atoms with E-state index in [1.165, 1.54) is 23.4 Å². The van der Waals surface area contributed by atoms with Crippen molar-refractivity contribution in [3.8, 4) is 11.6 Å². The van der Waals surface area contributed by atoms with E-state index in [2.05, 4.69) is 43.1 Å². The second-order valence-electron chi connectivity index (χ2n) is 5.04. The lowest BCUT2D eigenvalue weighted by atomic mass is 10.2. The van der Waals surface area contributed by atoms with E-state index in [9.17, 15) is 0 Å². The molecule has 1 aliphatic rings. The van der Waals surface area contributed by atoms with E-state index >= 15 is 0 Å². The topological polar surface area (TPSA) is 52.8 Å². The SMILES string of the molecule is Cn1nc(Br)c2c(Oc3ccc(C4SCCS4)cc3)ncnc21. The van der Waals surface area contributed by atoms with Crippen LogP contribution in [0.1, 0.15) is 10.1 Å². The van der Waals surface area contributed by atoms with Crippen LogP contribution in [0.25, 0.3) is 11.0 Å². The Hall–Kier alpha value is -1.25. The Labute approximate surface area is 150 Å². The van der Waals surface area contributed by atoms with E-state index in [1.807, 2.05) is 42.7 Å². The predicted octanol–water partition coefficient (Wildman–Crippen LogP) is 4.40. The van der Waals surface area contributed by atoms with Crippen LogP contribution in [0.5, 0.6) is 11.6 Å². The normalized spacial score (nSPS) is 15.4. The fraction of sp³-hybridized carbons (Fsp3) is 0.267. The minimum absolute atomic E-state index is 0.507. The van der Waals surface area contributed by atoms with Gasteiger partial charge in [0.2, 0.25) is 5.88 Å². The Bertz CT molecular complexity index is 847. The number of nitrogens with zero attached hydrogens (tertiary/aromatic N) is 4. The minimum atomic E-state index is 0.507. The first-order valence-electron chi connectivity index (χ1n) is 7.06. The molecule has 1 fully saturated rings. The zero-order valence-electron chi connectivity index (χ0n) is 12.3. The van der Waals surface area contributed by atoms with Crippen LogP contribution in [0.15, 0.2) is 35.2 Å². The quantitative estimate of drug-likeness (QED) is 0.639. The molecule has 5 nitrogen and oxygen atoms in total. The third-order valence-electron chi connectivity index (χ3n) is 3.53.